The smallest absolute Gasteiger partial charge is 0.230 e. The Bertz CT molecular complexity index is 1250. The number of hydrogen-bond acceptors (Lipinski definition) is 5. The molecule has 2 aromatic rings. The molecular weight excluding hydrogens is 414 g/mol. The van der Waals surface area contributed by atoms with Gasteiger partial charge in [-0.1, -0.05) is 12.1 Å². The SMILES string of the molecule is CC(=O)N1c2ccc(-c3ccc4c(c3)CS(=O)(=O)C=N4)cc2N(C(=O)C2CC2)C[C@@H]1C. The van der Waals surface area contributed by atoms with Gasteiger partial charge in [-0.3, -0.25) is 9.59 Å². The molecule has 0 aromatic heterocycles. The van der Waals surface area contributed by atoms with Gasteiger partial charge in [0.15, 0.2) is 9.84 Å². The normalized spacial score (nSPS) is 21.4. The average molecular weight is 438 g/mol. The van der Waals surface area contributed by atoms with Gasteiger partial charge in [0, 0.05) is 19.4 Å². The number of nitrogens with zero attached hydrogens (tertiary/aromatic N) is 3. The fraction of sp³-hybridized carbons (Fsp3) is 0.348. The number of aliphatic imine (C=N–C) groups is 1. The molecule has 5 rings (SSSR count). The van der Waals surface area contributed by atoms with Crippen molar-refractivity contribution in [2.75, 3.05) is 16.3 Å². The number of carbonyl (C=O) groups excluding carboxylic acids is 2. The Hall–Kier alpha value is -3.00. The van der Waals surface area contributed by atoms with Crippen molar-refractivity contribution in [1.82, 2.24) is 0 Å². The van der Waals surface area contributed by atoms with E-state index >= 15 is 0 Å². The van der Waals surface area contributed by atoms with Crippen LogP contribution < -0.4 is 9.80 Å². The highest BCUT2D eigenvalue weighted by Crippen LogP contribution is 2.42. The average Bonchev–Trinajstić information content (AvgIpc) is 3.56. The summed E-state index contributed by atoms with van der Waals surface area (Å²) in [7, 11) is -3.34. The van der Waals surface area contributed by atoms with E-state index in [-0.39, 0.29) is 29.5 Å². The van der Waals surface area contributed by atoms with Crippen molar-refractivity contribution in [3.8, 4) is 11.1 Å². The summed E-state index contributed by atoms with van der Waals surface area (Å²) in [5.41, 5.74) is 5.48. The molecule has 1 fully saturated rings. The fourth-order valence-corrected chi connectivity index (χ4v) is 5.46. The van der Waals surface area contributed by atoms with E-state index in [1.807, 2.05) is 48.2 Å². The largest absolute Gasteiger partial charge is 0.308 e. The third-order valence-corrected chi connectivity index (χ3v) is 7.21. The maximum atomic E-state index is 13.0. The lowest BCUT2D eigenvalue weighted by Crippen LogP contribution is -2.51. The lowest BCUT2D eigenvalue weighted by atomic mass is 9.98. The molecule has 2 aromatic carbocycles. The van der Waals surface area contributed by atoms with Crippen molar-refractivity contribution >= 4 is 44.3 Å². The molecule has 1 saturated carbocycles. The zero-order valence-corrected chi connectivity index (χ0v) is 18.2. The first-order valence-corrected chi connectivity index (χ1v) is 12.1. The number of benzene rings is 2. The second kappa shape index (κ2) is 7.02. The van der Waals surface area contributed by atoms with Gasteiger partial charge in [-0.15, -0.1) is 0 Å². The number of carbonyl (C=O) groups is 2. The summed E-state index contributed by atoms with van der Waals surface area (Å²) in [5.74, 6) is 0.0441. The van der Waals surface area contributed by atoms with E-state index in [0.717, 1.165) is 40.9 Å². The molecule has 1 atom stereocenters. The van der Waals surface area contributed by atoms with E-state index in [0.29, 0.717) is 17.8 Å². The lowest BCUT2D eigenvalue weighted by Gasteiger charge is -2.41. The predicted molar refractivity (Wildman–Crippen MR) is 120 cm³/mol. The van der Waals surface area contributed by atoms with Gasteiger partial charge >= 0.3 is 0 Å². The molecular formula is C23H23N3O4S. The van der Waals surface area contributed by atoms with Crippen LogP contribution in [0.5, 0.6) is 0 Å². The Morgan fingerprint density at radius 3 is 2.45 bits per heavy atom. The third kappa shape index (κ3) is 3.54. The highest BCUT2D eigenvalue weighted by atomic mass is 32.2. The van der Waals surface area contributed by atoms with Crippen LogP contribution in [-0.4, -0.2) is 38.4 Å². The maximum Gasteiger partial charge on any atom is 0.230 e. The lowest BCUT2D eigenvalue weighted by molar-refractivity contribution is -0.120. The van der Waals surface area contributed by atoms with E-state index in [1.54, 1.807) is 4.90 Å². The van der Waals surface area contributed by atoms with Crippen LogP contribution in [0, 0.1) is 5.92 Å². The molecule has 0 radical (unpaired) electrons. The minimum absolute atomic E-state index is 0.0585. The highest BCUT2D eigenvalue weighted by molar-refractivity contribution is 8.03. The second-order valence-corrected chi connectivity index (χ2v) is 10.4. The zero-order chi connectivity index (χ0) is 21.9. The first-order chi connectivity index (χ1) is 14.7. The van der Waals surface area contributed by atoms with Crippen LogP contribution in [0.1, 0.15) is 32.3 Å². The molecule has 0 saturated heterocycles. The predicted octanol–water partition coefficient (Wildman–Crippen LogP) is 3.44. The fourth-order valence-electron chi connectivity index (χ4n) is 4.44. The Morgan fingerprint density at radius 2 is 1.74 bits per heavy atom. The molecule has 2 amide bonds. The molecule has 1 aliphatic carbocycles. The van der Waals surface area contributed by atoms with Gasteiger partial charge in [-0.25, -0.2) is 13.4 Å². The van der Waals surface area contributed by atoms with Crippen LogP contribution in [0.2, 0.25) is 0 Å². The summed E-state index contributed by atoms with van der Waals surface area (Å²) >= 11 is 0. The number of fused-ring (bicyclic) bond motifs is 2. The third-order valence-electron chi connectivity index (χ3n) is 6.07. The van der Waals surface area contributed by atoms with Crippen molar-refractivity contribution in [1.29, 1.82) is 0 Å². The number of rotatable bonds is 2. The molecule has 0 bridgehead atoms. The number of hydrogen-bond donors (Lipinski definition) is 0. The van der Waals surface area contributed by atoms with Gasteiger partial charge in [-0.05, 0) is 60.7 Å². The van der Waals surface area contributed by atoms with Crippen molar-refractivity contribution in [2.24, 2.45) is 10.9 Å². The highest BCUT2D eigenvalue weighted by Gasteiger charge is 2.39. The summed E-state index contributed by atoms with van der Waals surface area (Å²) in [6.45, 7) is 3.95. The molecule has 31 heavy (non-hydrogen) atoms. The molecule has 7 nitrogen and oxygen atoms in total. The van der Waals surface area contributed by atoms with Crippen molar-refractivity contribution < 1.29 is 18.0 Å². The Balaban J connectivity index is 1.60. The Kier molecular flexibility index (Phi) is 4.51. The Labute approximate surface area is 181 Å². The van der Waals surface area contributed by atoms with Crippen molar-refractivity contribution in [2.45, 2.75) is 38.5 Å². The summed E-state index contributed by atoms with van der Waals surface area (Å²) < 4.78 is 23.9. The van der Waals surface area contributed by atoms with E-state index in [1.165, 1.54) is 6.92 Å². The first kappa shape index (κ1) is 19.9. The monoisotopic (exact) mass is 437 g/mol. The van der Waals surface area contributed by atoms with Crippen LogP contribution >= 0.6 is 0 Å². The zero-order valence-electron chi connectivity index (χ0n) is 17.4. The summed E-state index contributed by atoms with van der Waals surface area (Å²) in [6, 6.07) is 11.2. The minimum Gasteiger partial charge on any atom is -0.308 e. The topological polar surface area (TPSA) is 87.1 Å². The molecule has 0 N–H and O–H groups in total. The first-order valence-electron chi connectivity index (χ1n) is 10.4. The van der Waals surface area contributed by atoms with E-state index in [4.69, 9.17) is 0 Å². The van der Waals surface area contributed by atoms with Gasteiger partial charge in [0.2, 0.25) is 11.8 Å². The molecule has 8 heteroatoms. The van der Waals surface area contributed by atoms with Crippen LogP contribution in [0.15, 0.2) is 41.4 Å². The summed E-state index contributed by atoms with van der Waals surface area (Å²) in [5, 5.41) is 0. The van der Waals surface area contributed by atoms with Crippen LogP contribution in [0.25, 0.3) is 11.1 Å². The molecule has 0 unspecified atom stereocenters. The van der Waals surface area contributed by atoms with E-state index in [2.05, 4.69) is 4.99 Å². The van der Waals surface area contributed by atoms with Crippen LogP contribution in [-0.2, 0) is 25.2 Å². The van der Waals surface area contributed by atoms with Crippen molar-refractivity contribution in [3.63, 3.8) is 0 Å². The standard InChI is InChI=1S/C23H23N3O4S/c1-14-11-25(23(28)16-3-4-16)22-10-18(6-8-21(22)26(14)15(2)27)17-5-7-20-19(9-17)12-31(29,30)13-24-20/h5-10,13-14,16H,3-4,11-12H2,1-2H3/t14-/m0/s1. The minimum atomic E-state index is -3.34. The second-order valence-electron chi connectivity index (χ2n) is 8.55. The van der Waals surface area contributed by atoms with Gasteiger partial charge in [0.05, 0.1) is 28.9 Å². The maximum absolute atomic E-state index is 13.0. The molecule has 3 aliphatic rings. The van der Waals surface area contributed by atoms with Gasteiger partial charge in [0.25, 0.3) is 0 Å². The summed E-state index contributed by atoms with van der Waals surface area (Å²) in [6.07, 6.45) is 1.82. The molecule has 160 valence electrons. The van der Waals surface area contributed by atoms with Crippen LogP contribution in [0.3, 0.4) is 0 Å². The summed E-state index contributed by atoms with van der Waals surface area (Å²) in [4.78, 5) is 32.9. The Morgan fingerprint density at radius 1 is 1.03 bits per heavy atom. The molecule has 2 aliphatic heterocycles. The number of anilines is 2. The number of amides is 2. The quantitative estimate of drug-likeness (QED) is 0.720. The molecule has 2 heterocycles. The van der Waals surface area contributed by atoms with Crippen LogP contribution in [0.4, 0.5) is 17.1 Å². The van der Waals surface area contributed by atoms with Gasteiger partial charge in [-0.2, -0.15) is 0 Å². The van der Waals surface area contributed by atoms with E-state index < -0.39 is 9.84 Å². The van der Waals surface area contributed by atoms with Crippen molar-refractivity contribution in [3.05, 3.63) is 42.0 Å². The van der Waals surface area contributed by atoms with Gasteiger partial charge < -0.3 is 9.80 Å². The van der Waals surface area contributed by atoms with Gasteiger partial charge in [0.1, 0.15) is 5.55 Å². The molecule has 0 spiro atoms. The number of sulfone groups is 1. The van der Waals surface area contributed by atoms with E-state index in [9.17, 15) is 18.0 Å².